The topological polar surface area (TPSA) is 80.9 Å². The van der Waals surface area contributed by atoms with Crippen LogP contribution in [0.15, 0.2) is 30.3 Å². The molecule has 5 nitrogen and oxygen atoms in total. The van der Waals surface area contributed by atoms with Crippen molar-refractivity contribution in [1.29, 1.82) is 0 Å². The lowest BCUT2D eigenvalue weighted by molar-refractivity contribution is -0.117. The summed E-state index contributed by atoms with van der Waals surface area (Å²) in [5, 5.41) is 11.6. The number of anilines is 1. The fraction of sp³-hybridized carbons (Fsp3) is 0.250. The Kier molecular flexibility index (Phi) is 4.01. The molecular formula is C12H14N4OS. The highest BCUT2D eigenvalue weighted by Gasteiger charge is 2.15. The van der Waals surface area contributed by atoms with Crippen molar-refractivity contribution in [3.63, 3.8) is 0 Å². The van der Waals surface area contributed by atoms with Crippen LogP contribution in [0.1, 0.15) is 10.6 Å². The summed E-state index contributed by atoms with van der Waals surface area (Å²) >= 11 is 1.33. The Labute approximate surface area is 109 Å². The van der Waals surface area contributed by atoms with Crippen LogP contribution in [0.2, 0.25) is 0 Å². The van der Waals surface area contributed by atoms with Gasteiger partial charge in [0.05, 0.1) is 6.04 Å². The van der Waals surface area contributed by atoms with Crippen molar-refractivity contribution in [2.75, 3.05) is 5.32 Å². The zero-order valence-corrected chi connectivity index (χ0v) is 10.8. The first-order chi connectivity index (χ1) is 8.65. The molecule has 0 spiro atoms. The van der Waals surface area contributed by atoms with E-state index in [0.29, 0.717) is 11.6 Å². The summed E-state index contributed by atoms with van der Waals surface area (Å²) in [6.07, 6.45) is 0.504. The third-order valence-corrected chi connectivity index (χ3v) is 3.15. The lowest BCUT2D eigenvalue weighted by Crippen LogP contribution is -2.37. The van der Waals surface area contributed by atoms with Gasteiger partial charge in [-0.2, -0.15) is 0 Å². The van der Waals surface area contributed by atoms with Crippen molar-refractivity contribution < 1.29 is 4.79 Å². The standard InChI is InChI=1S/C12H14N4OS/c1-8-15-16-12(18-8)14-11(17)10(13)7-9-5-3-2-4-6-9/h2-6,10H,7,13H2,1H3,(H,14,16,17)/t10-/m0/s1. The predicted molar refractivity (Wildman–Crippen MR) is 71.4 cm³/mol. The molecule has 94 valence electrons. The van der Waals surface area contributed by atoms with E-state index in [2.05, 4.69) is 15.5 Å². The molecule has 0 unspecified atom stereocenters. The highest BCUT2D eigenvalue weighted by molar-refractivity contribution is 7.15. The number of amides is 1. The number of nitrogens with two attached hydrogens (primary N) is 1. The molecule has 18 heavy (non-hydrogen) atoms. The lowest BCUT2D eigenvalue weighted by atomic mass is 10.1. The van der Waals surface area contributed by atoms with E-state index < -0.39 is 6.04 Å². The van der Waals surface area contributed by atoms with Gasteiger partial charge >= 0.3 is 0 Å². The van der Waals surface area contributed by atoms with Gasteiger partial charge in [-0.05, 0) is 18.9 Å². The van der Waals surface area contributed by atoms with Crippen LogP contribution in [0, 0.1) is 6.92 Å². The fourth-order valence-corrected chi connectivity index (χ4v) is 2.10. The predicted octanol–water partition coefficient (Wildman–Crippen LogP) is 1.36. The number of aryl methyl sites for hydroxylation is 1. The molecule has 2 rings (SSSR count). The first kappa shape index (κ1) is 12.7. The van der Waals surface area contributed by atoms with Crippen molar-refractivity contribution in [2.24, 2.45) is 5.73 Å². The van der Waals surface area contributed by atoms with E-state index >= 15 is 0 Å². The van der Waals surface area contributed by atoms with E-state index in [4.69, 9.17) is 5.73 Å². The lowest BCUT2D eigenvalue weighted by Gasteiger charge is -2.10. The minimum Gasteiger partial charge on any atom is -0.320 e. The van der Waals surface area contributed by atoms with Gasteiger partial charge in [-0.15, -0.1) is 10.2 Å². The molecule has 0 bridgehead atoms. The zero-order chi connectivity index (χ0) is 13.0. The second-order valence-corrected chi connectivity index (χ2v) is 5.09. The van der Waals surface area contributed by atoms with Gasteiger partial charge in [0.25, 0.3) is 0 Å². The van der Waals surface area contributed by atoms with Gasteiger partial charge in [-0.3, -0.25) is 10.1 Å². The van der Waals surface area contributed by atoms with Crippen molar-refractivity contribution in [1.82, 2.24) is 10.2 Å². The van der Waals surface area contributed by atoms with Crippen molar-refractivity contribution in [2.45, 2.75) is 19.4 Å². The molecule has 1 amide bonds. The van der Waals surface area contributed by atoms with Crippen LogP contribution in [-0.2, 0) is 11.2 Å². The van der Waals surface area contributed by atoms with E-state index in [0.717, 1.165) is 10.6 Å². The second kappa shape index (κ2) is 5.70. The van der Waals surface area contributed by atoms with Crippen LogP contribution in [0.25, 0.3) is 0 Å². The molecular weight excluding hydrogens is 248 g/mol. The summed E-state index contributed by atoms with van der Waals surface area (Å²) in [6, 6.07) is 9.09. The summed E-state index contributed by atoms with van der Waals surface area (Å²) in [6.45, 7) is 1.83. The highest BCUT2D eigenvalue weighted by Crippen LogP contribution is 2.14. The van der Waals surface area contributed by atoms with Gasteiger partial charge in [0, 0.05) is 0 Å². The molecule has 1 heterocycles. The monoisotopic (exact) mass is 262 g/mol. The summed E-state index contributed by atoms with van der Waals surface area (Å²) in [5.74, 6) is -0.241. The van der Waals surface area contributed by atoms with Crippen LogP contribution in [0.3, 0.4) is 0 Å². The summed E-state index contributed by atoms with van der Waals surface area (Å²) in [7, 11) is 0. The Hall–Kier alpha value is -1.79. The fourth-order valence-electron chi connectivity index (χ4n) is 1.51. The molecule has 0 aliphatic carbocycles. The van der Waals surface area contributed by atoms with E-state index in [1.165, 1.54) is 11.3 Å². The van der Waals surface area contributed by atoms with Crippen molar-refractivity contribution in [3.05, 3.63) is 40.9 Å². The number of rotatable bonds is 4. The van der Waals surface area contributed by atoms with Gasteiger partial charge in [-0.1, -0.05) is 41.7 Å². The normalized spacial score (nSPS) is 12.1. The molecule has 3 N–H and O–H groups in total. The van der Waals surface area contributed by atoms with E-state index in [1.54, 1.807) is 0 Å². The third kappa shape index (κ3) is 3.35. The smallest absolute Gasteiger partial charge is 0.243 e. The van der Waals surface area contributed by atoms with Gasteiger partial charge < -0.3 is 5.73 Å². The van der Waals surface area contributed by atoms with Gasteiger partial charge in [-0.25, -0.2) is 0 Å². The van der Waals surface area contributed by atoms with Crippen molar-refractivity contribution >= 4 is 22.4 Å². The minimum atomic E-state index is -0.586. The molecule has 0 radical (unpaired) electrons. The SMILES string of the molecule is Cc1nnc(NC(=O)[C@@H](N)Cc2ccccc2)s1. The Balaban J connectivity index is 1.93. The number of nitrogens with zero attached hydrogens (tertiary/aromatic N) is 2. The van der Waals surface area contributed by atoms with Gasteiger partial charge in [0.2, 0.25) is 11.0 Å². The third-order valence-electron chi connectivity index (χ3n) is 2.39. The van der Waals surface area contributed by atoms with Gasteiger partial charge in [0.15, 0.2) is 0 Å². The number of benzene rings is 1. The largest absolute Gasteiger partial charge is 0.320 e. The maximum atomic E-state index is 11.8. The quantitative estimate of drug-likeness (QED) is 0.871. The van der Waals surface area contributed by atoms with E-state index in [9.17, 15) is 4.79 Å². The molecule has 2 aromatic rings. The number of hydrogen-bond acceptors (Lipinski definition) is 5. The molecule has 1 aromatic carbocycles. The average Bonchev–Trinajstić information content (AvgIpc) is 2.76. The molecule has 0 aliphatic rings. The second-order valence-electron chi connectivity index (χ2n) is 3.91. The molecule has 0 saturated carbocycles. The summed E-state index contributed by atoms with van der Waals surface area (Å²) in [4.78, 5) is 11.8. The van der Waals surface area contributed by atoms with Crippen LogP contribution in [-0.4, -0.2) is 22.1 Å². The molecule has 0 saturated heterocycles. The number of carbonyl (C=O) groups is 1. The Morgan fingerprint density at radius 3 is 2.72 bits per heavy atom. The number of aromatic nitrogens is 2. The number of hydrogen-bond donors (Lipinski definition) is 2. The van der Waals surface area contributed by atoms with Crippen LogP contribution in [0.4, 0.5) is 5.13 Å². The maximum absolute atomic E-state index is 11.8. The molecule has 0 aliphatic heterocycles. The average molecular weight is 262 g/mol. The minimum absolute atomic E-state index is 0.241. The van der Waals surface area contributed by atoms with Gasteiger partial charge in [0.1, 0.15) is 5.01 Å². The first-order valence-electron chi connectivity index (χ1n) is 5.55. The molecule has 1 aromatic heterocycles. The first-order valence-corrected chi connectivity index (χ1v) is 6.37. The maximum Gasteiger partial charge on any atom is 0.243 e. The van der Waals surface area contributed by atoms with Crippen LogP contribution < -0.4 is 11.1 Å². The van der Waals surface area contributed by atoms with Crippen molar-refractivity contribution in [3.8, 4) is 0 Å². The van der Waals surface area contributed by atoms with E-state index in [1.807, 2.05) is 37.3 Å². The summed E-state index contributed by atoms with van der Waals surface area (Å²) in [5.41, 5.74) is 6.88. The number of nitrogens with one attached hydrogen (secondary N) is 1. The molecule has 1 atom stereocenters. The number of carbonyl (C=O) groups excluding carboxylic acids is 1. The van der Waals surface area contributed by atoms with Crippen LogP contribution in [0.5, 0.6) is 0 Å². The molecule has 0 fully saturated rings. The Morgan fingerprint density at radius 2 is 2.11 bits per heavy atom. The van der Waals surface area contributed by atoms with Crippen LogP contribution >= 0.6 is 11.3 Å². The Morgan fingerprint density at radius 1 is 1.39 bits per heavy atom. The zero-order valence-electron chi connectivity index (χ0n) is 9.96. The Bertz CT molecular complexity index is 526. The summed E-state index contributed by atoms with van der Waals surface area (Å²) < 4.78 is 0. The van der Waals surface area contributed by atoms with E-state index in [-0.39, 0.29) is 5.91 Å². The highest BCUT2D eigenvalue weighted by atomic mass is 32.1. The molecule has 6 heteroatoms.